The third-order valence-electron chi connectivity index (χ3n) is 4.33. The Bertz CT molecular complexity index is 1140. The third kappa shape index (κ3) is 3.88. The molecule has 0 saturated heterocycles. The number of benzene rings is 2. The maximum Gasteiger partial charge on any atom is 0.418 e. The van der Waals surface area contributed by atoms with Crippen LogP contribution in [0, 0.1) is 0 Å². The molecule has 2 heterocycles. The Morgan fingerprint density at radius 2 is 1.79 bits per heavy atom. The largest absolute Gasteiger partial charge is 0.494 e. The predicted octanol–water partition coefficient (Wildman–Crippen LogP) is 6.52. The van der Waals surface area contributed by atoms with Crippen LogP contribution in [0.2, 0.25) is 0 Å². The molecule has 8 heteroatoms. The number of aromatic nitrogens is 2. The number of ether oxygens (including phenoxy) is 1. The van der Waals surface area contributed by atoms with Gasteiger partial charge in [0.05, 0.1) is 23.2 Å². The number of hydrogen-bond donors (Lipinski definition) is 1. The minimum Gasteiger partial charge on any atom is -0.494 e. The zero-order chi connectivity index (χ0) is 20.4. The van der Waals surface area contributed by atoms with E-state index in [1.165, 1.54) is 29.8 Å². The maximum atomic E-state index is 13.4. The van der Waals surface area contributed by atoms with Crippen LogP contribution >= 0.6 is 11.3 Å². The lowest BCUT2D eigenvalue weighted by Crippen LogP contribution is -2.09. The number of nitrogens with one attached hydrogen (secondary N) is 1. The van der Waals surface area contributed by atoms with E-state index in [4.69, 9.17) is 4.74 Å². The van der Waals surface area contributed by atoms with Gasteiger partial charge in [-0.3, -0.25) is 0 Å². The molecule has 0 unspecified atom stereocenters. The maximum absolute atomic E-state index is 13.4. The van der Waals surface area contributed by atoms with E-state index in [9.17, 15) is 13.2 Å². The molecule has 4 rings (SSSR count). The van der Waals surface area contributed by atoms with E-state index < -0.39 is 11.7 Å². The van der Waals surface area contributed by atoms with Gasteiger partial charge in [0.2, 0.25) is 0 Å². The molecule has 4 aromatic rings. The van der Waals surface area contributed by atoms with E-state index in [0.717, 1.165) is 22.9 Å². The lowest BCUT2D eigenvalue weighted by atomic mass is 10.1. The van der Waals surface area contributed by atoms with Crippen LogP contribution in [-0.4, -0.2) is 16.6 Å². The topological polar surface area (TPSA) is 47.0 Å². The van der Waals surface area contributed by atoms with Crippen LogP contribution in [0.4, 0.5) is 24.7 Å². The number of alkyl halides is 3. The van der Waals surface area contributed by atoms with Crippen LogP contribution in [0.15, 0.2) is 60.2 Å². The summed E-state index contributed by atoms with van der Waals surface area (Å²) in [7, 11) is 0. The molecule has 0 radical (unpaired) electrons. The average molecular weight is 415 g/mol. The second-order valence-corrected chi connectivity index (χ2v) is 7.04. The first-order valence-electron chi connectivity index (χ1n) is 8.86. The summed E-state index contributed by atoms with van der Waals surface area (Å²) >= 11 is 1.41. The first kappa shape index (κ1) is 19.2. The number of para-hydroxylation sites is 1. The van der Waals surface area contributed by atoms with Crippen LogP contribution in [0.3, 0.4) is 0 Å². The number of hydrogen-bond acceptors (Lipinski definition) is 5. The molecule has 0 aliphatic heterocycles. The second kappa shape index (κ2) is 7.71. The van der Waals surface area contributed by atoms with Gasteiger partial charge in [0.25, 0.3) is 0 Å². The van der Waals surface area contributed by atoms with E-state index in [2.05, 4.69) is 15.3 Å². The van der Waals surface area contributed by atoms with Crippen molar-refractivity contribution in [2.75, 3.05) is 11.9 Å². The lowest BCUT2D eigenvalue weighted by molar-refractivity contribution is -0.136. The van der Waals surface area contributed by atoms with Gasteiger partial charge < -0.3 is 10.1 Å². The quantitative estimate of drug-likeness (QED) is 0.403. The van der Waals surface area contributed by atoms with E-state index in [0.29, 0.717) is 22.6 Å². The zero-order valence-corrected chi connectivity index (χ0v) is 16.1. The molecule has 0 bridgehead atoms. The minimum absolute atomic E-state index is 0.0520. The normalized spacial score (nSPS) is 11.6. The van der Waals surface area contributed by atoms with E-state index in [1.54, 1.807) is 6.07 Å². The van der Waals surface area contributed by atoms with E-state index in [-0.39, 0.29) is 5.69 Å². The van der Waals surface area contributed by atoms with Crippen molar-refractivity contribution in [3.8, 4) is 16.9 Å². The molecular formula is C21H16F3N3OS. The highest BCUT2D eigenvalue weighted by Gasteiger charge is 2.33. The molecule has 1 N–H and O–H groups in total. The van der Waals surface area contributed by atoms with Crippen molar-refractivity contribution in [3.05, 3.63) is 65.8 Å². The summed E-state index contributed by atoms with van der Waals surface area (Å²) in [5.74, 6) is 1.08. The summed E-state index contributed by atoms with van der Waals surface area (Å²) in [5.41, 5.74) is 0.954. The Morgan fingerprint density at radius 3 is 2.52 bits per heavy atom. The highest BCUT2D eigenvalue weighted by molar-refractivity contribution is 7.17. The zero-order valence-electron chi connectivity index (χ0n) is 15.3. The Balaban J connectivity index is 1.78. The van der Waals surface area contributed by atoms with Gasteiger partial charge in [-0.1, -0.05) is 24.3 Å². The Morgan fingerprint density at radius 1 is 1.03 bits per heavy atom. The van der Waals surface area contributed by atoms with Crippen LogP contribution in [0.25, 0.3) is 21.3 Å². The van der Waals surface area contributed by atoms with E-state index in [1.807, 2.05) is 36.6 Å². The molecule has 0 aliphatic carbocycles. The van der Waals surface area contributed by atoms with Gasteiger partial charge in [-0.25, -0.2) is 9.97 Å². The van der Waals surface area contributed by atoms with Gasteiger partial charge in [0, 0.05) is 10.9 Å². The van der Waals surface area contributed by atoms with Crippen molar-refractivity contribution in [1.82, 2.24) is 9.97 Å². The Labute approximate surface area is 169 Å². The van der Waals surface area contributed by atoms with Crippen molar-refractivity contribution in [2.45, 2.75) is 13.1 Å². The SMILES string of the molecule is CCOc1ccc(-c2csc3ncnc(Nc4ccccc4C(F)(F)F)c23)cc1. The second-order valence-electron chi connectivity index (χ2n) is 6.18. The van der Waals surface area contributed by atoms with Crippen molar-refractivity contribution >= 4 is 33.1 Å². The first-order valence-corrected chi connectivity index (χ1v) is 9.74. The molecule has 0 spiro atoms. The number of fused-ring (bicyclic) bond motifs is 1. The highest BCUT2D eigenvalue weighted by Crippen LogP contribution is 2.40. The van der Waals surface area contributed by atoms with Crippen LogP contribution in [0.1, 0.15) is 12.5 Å². The van der Waals surface area contributed by atoms with Gasteiger partial charge in [-0.2, -0.15) is 13.2 Å². The summed E-state index contributed by atoms with van der Waals surface area (Å²) in [6, 6.07) is 12.9. The summed E-state index contributed by atoms with van der Waals surface area (Å²) in [4.78, 5) is 9.18. The fraction of sp³-hybridized carbons (Fsp3) is 0.143. The predicted molar refractivity (Wildman–Crippen MR) is 109 cm³/mol. The number of rotatable bonds is 5. The summed E-state index contributed by atoms with van der Waals surface area (Å²) < 4.78 is 45.6. The molecule has 0 saturated carbocycles. The fourth-order valence-corrected chi connectivity index (χ4v) is 3.96. The molecule has 0 fully saturated rings. The highest BCUT2D eigenvalue weighted by atomic mass is 32.1. The molecular weight excluding hydrogens is 399 g/mol. The number of halogens is 3. The number of thiophene rings is 1. The molecule has 29 heavy (non-hydrogen) atoms. The van der Waals surface area contributed by atoms with Crippen molar-refractivity contribution in [3.63, 3.8) is 0 Å². The number of anilines is 2. The molecule has 4 nitrogen and oxygen atoms in total. The minimum atomic E-state index is -4.47. The average Bonchev–Trinajstić information content (AvgIpc) is 3.14. The molecule has 0 atom stereocenters. The van der Waals surface area contributed by atoms with Crippen LogP contribution < -0.4 is 10.1 Å². The van der Waals surface area contributed by atoms with Crippen LogP contribution in [0.5, 0.6) is 5.75 Å². The molecule has 2 aromatic carbocycles. The third-order valence-corrected chi connectivity index (χ3v) is 5.22. The molecule has 148 valence electrons. The van der Waals surface area contributed by atoms with E-state index >= 15 is 0 Å². The molecule has 2 aromatic heterocycles. The van der Waals surface area contributed by atoms with Gasteiger partial charge in [0.15, 0.2) is 0 Å². The van der Waals surface area contributed by atoms with Gasteiger partial charge in [-0.15, -0.1) is 11.3 Å². The van der Waals surface area contributed by atoms with Crippen molar-refractivity contribution in [1.29, 1.82) is 0 Å². The van der Waals surface area contributed by atoms with Crippen molar-refractivity contribution in [2.24, 2.45) is 0 Å². The summed E-state index contributed by atoms with van der Waals surface area (Å²) in [6.45, 7) is 2.48. The van der Waals surface area contributed by atoms with Crippen LogP contribution in [-0.2, 0) is 6.18 Å². The van der Waals surface area contributed by atoms with Gasteiger partial charge in [-0.05, 0) is 36.8 Å². The lowest BCUT2D eigenvalue weighted by Gasteiger charge is -2.14. The first-order chi connectivity index (χ1) is 14.0. The van der Waals surface area contributed by atoms with Gasteiger partial charge in [0.1, 0.15) is 22.7 Å². The standard InChI is InChI=1S/C21H16F3N3OS/c1-2-28-14-9-7-13(8-10-14)15-11-29-20-18(15)19(25-12-26-20)27-17-6-4-3-5-16(17)21(22,23)24/h3-12H,2H2,1H3,(H,25,26,27). The Hall–Kier alpha value is -3.13. The summed E-state index contributed by atoms with van der Waals surface area (Å²) in [6.07, 6.45) is -3.12. The summed E-state index contributed by atoms with van der Waals surface area (Å²) in [5, 5.41) is 5.47. The van der Waals surface area contributed by atoms with Crippen molar-refractivity contribution < 1.29 is 17.9 Å². The molecule has 0 aliphatic rings. The van der Waals surface area contributed by atoms with Gasteiger partial charge >= 0.3 is 6.18 Å². The Kier molecular flexibility index (Phi) is 5.10. The monoisotopic (exact) mass is 415 g/mol. The number of nitrogens with zero attached hydrogens (tertiary/aromatic N) is 2. The molecule has 0 amide bonds. The smallest absolute Gasteiger partial charge is 0.418 e. The fourth-order valence-electron chi connectivity index (χ4n) is 3.05.